The van der Waals surface area contributed by atoms with E-state index in [2.05, 4.69) is 41.2 Å². The lowest BCUT2D eigenvalue weighted by Crippen LogP contribution is -2.48. The summed E-state index contributed by atoms with van der Waals surface area (Å²) in [5.74, 6) is 0.916. The zero-order valence-electron chi connectivity index (χ0n) is 22.4. The Morgan fingerprint density at radius 3 is 2.56 bits per heavy atom. The highest BCUT2D eigenvalue weighted by atomic mass is 32.1. The highest BCUT2D eigenvalue weighted by Crippen LogP contribution is 2.28. The smallest absolute Gasteiger partial charge is 0.252 e. The van der Waals surface area contributed by atoms with Crippen molar-refractivity contribution in [1.82, 2.24) is 19.8 Å². The lowest BCUT2D eigenvalue weighted by atomic mass is 10.0. The number of likely N-dealkylation sites (N-methyl/N-ethyl adjacent to an activating group) is 1. The molecule has 3 aromatic rings. The Hall–Kier alpha value is -2.71. The molecule has 0 unspecified atom stereocenters. The summed E-state index contributed by atoms with van der Waals surface area (Å²) in [6, 6.07) is 9.65. The van der Waals surface area contributed by atoms with E-state index < -0.39 is 6.04 Å². The monoisotopic (exact) mass is 512 g/mol. The third kappa shape index (κ3) is 6.73. The highest BCUT2D eigenvalue weighted by Gasteiger charge is 2.26. The van der Waals surface area contributed by atoms with E-state index in [4.69, 9.17) is 9.72 Å². The number of thiophene rings is 1. The van der Waals surface area contributed by atoms with Crippen molar-refractivity contribution in [3.63, 3.8) is 0 Å². The molecule has 3 rings (SSSR count). The van der Waals surface area contributed by atoms with Gasteiger partial charge in [0.25, 0.3) is 5.91 Å². The van der Waals surface area contributed by atoms with Gasteiger partial charge in [-0.2, -0.15) is 0 Å². The molecule has 0 aliphatic carbocycles. The Kier molecular flexibility index (Phi) is 10.1. The van der Waals surface area contributed by atoms with Crippen molar-refractivity contribution in [1.29, 1.82) is 0 Å². The van der Waals surface area contributed by atoms with Crippen LogP contribution in [0.25, 0.3) is 11.0 Å². The minimum Gasteiger partial charge on any atom is -0.383 e. The van der Waals surface area contributed by atoms with Crippen LogP contribution in [0.5, 0.6) is 0 Å². The summed E-state index contributed by atoms with van der Waals surface area (Å²) in [7, 11) is 3.35. The normalized spacial score (nSPS) is 12.4. The molecule has 0 saturated heterocycles. The Bertz CT molecular complexity index is 1140. The summed E-state index contributed by atoms with van der Waals surface area (Å²) >= 11 is 1.73. The zero-order valence-corrected chi connectivity index (χ0v) is 23.2. The summed E-state index contributed by atoms with van der Waals surface area (Å²) in [4.78, 5) is 34.2. The molecule has 0 aliphatic heterocycles. The molecule has 196 valence electrons. The number of ether oxygens (including phenoxy) is 1. The molecule has 2 amide bonds. The number of carbonyl (C=O) groups is 2. The van der Waals surface area contributed by atoms with Gasteiger partial charge in [0.1, 0.15) is 11.9 Å². The van der Waals surface area contributed by atoms with Crippen molar-refractivity contribution in [3.8, 4) is 0 Å². The molecule has 1 atom stereocenters. The number of rotatable bonds is 13. The second-order valence-corrected chi connectivity index (χ2v) is 10.8. The van der Waals surface area contributed by atoms with E-state index in [0.29, 0.717) is 31.2 Å². The molecule has 7 nitrogen and oxygen atoms in total. The number of carbonyl (C=O) groups excluding carboxylic acids is 2. The number of benzene rings is 1. The van der Waals surface area contributed by atoms with E-state index in [1.807, 2.05) is 32.0 Å². The number of hydrogen-bond donors (Lipinski definition) is 1. The van der Waals surface area contributed by atoms with E-state index in [1.54, 1.807) is 30.4 Å². The summed E-state index contributed by atoms with van der Waals surface area (Å²) in [6.45, 7) is 9.43. The minimum absolute atomic E-state index is 0.105. The van der Waals surface area contributed by atoms with Crippen LogP contribution in [0, 0.1) is 5.92 Å². The number of nitrogens with one attached hydrogen (secondary N) is 1. The van der Waals surface area contributed by atoms with Crippen LogP contribution in [0.3, 0.4) is 0 Å². The molecule has 0 fully saturated rings. The van der Waals surface area contributed by atoms with Crippen molar-refractivity contribution in [2.45, 2.75) is 65.5 Å². The molecule has 8 heteroatoms. The van der Waals surface area contributed by atoms with Crippen LogP contribution in [0.1, 0.15) is 74.1 Å². The SMILES string of the molecule is CCC(CC)n1c(Cc2cccs2)nc2cc(C(=O)N[C@@H](CC(C)C)C(=O)N(C)CCOC)ccc21. The Labute approximate surface area is 218 Å². The molecule has 0 spiro atoms. The predicted molar refractivity (Wildman–Crippen MR) is 147 cm³/mol. The largest absolute Gasteiger partial charge is 0.383 e. The Morgan fingerprint density at radius 1 is 1.19 bits per heavy atom. The Morgan fingerprint density at radius 2 is 1.94 bits per heavy atom. The van der Waals surface area contributed by atoms with Crippen molar-refractivity contribution >= 4 is 34.2 Å². The third-order valence-corrected chi connectivity index (χ3v) is 7.44. The van der Waals surface area contributed by atoms with Crippen molar-refractivity contribution < 1.29 is 14.3 Å². The second-order valence-electron chi connectivity index (χ2n) is 9.74. The van der Waals surface area contributed by atoms with E-state index in [1.165, 1.54) is 4.88 Å². The summed E-state index contributed by atoms with van der Waals surface area (Å²) in [5, 5.41) is 5.07. The standard InChI is InChI=1S/C28H40N4O3S/c1-7-21(8-2)32-25-12-11-20(17-23(25)29-26(32)18-22-10-9-15-36-22)27(33)30-24(16-19(3)4)28(34)31(5)13-14-35-6/h9-12,15,17,19,21,24H,7-8,13-14,16,18H2,1-6H3,(H,30,33)/t24-/m0/s1. The zero-order chi connectivity index (χ0) is 26.2. The molecule has 1 N–H and O–H groups in total. The van der Waals surface area contributed by atoms with Gasteiger partial charge in [-0.1, -0.05) is 33.8 Å². The first-order valence-electron chi connectivity index (χ1n) is 12.9. The van der Waals surface area contributed by atoms with Crippen LogP contribution in [0.2, 0.25) is 0 Å². The number of fused-ring (bicyclic) bond motifs is 1. The maximum atomic E-state index is 13.3. The number of methoxy groups -OCH3 is 1. The van der Waals surface area contributed by atoms with Crippen LogP contribution in [0.4, 0.5) is 0 Å². The number of aromatic nitrogens is 2. The lowest BCUT2D eigenvalue weighted by Gasteiger charge is -2.25. The van der Waals surface area contributed by atoms with Gasteiger partial charge in [0.2, 0.25) is 5.91 Å². The maximum Gasteiger partial charge on any atom is 0.252 e. The first-order chi connectivity index (χ1) is 17.3. The van der Waals surface area contributed by atoms with Gasteiger partial charge in [-0.25, -0.2) is 4.98 Å². The van der Waals surface area contributed by atoms with Crippen molar-refractivity contribution in [2.75, 3.05) is 27.3 Å². The fourth-order valence-electron chi connectivity index (χ4n) is 4.58. The van der Waals surface area contributed by atoms with E-state index in [-0.39, 0.29) is 17.7 Å². The van der Waals surface area contributed by atoms with Crippen LogP contribution in [0.15, 0.2) is 35.7 Å². The van der Waals surface area contributed by atoms with Gasteiger partial charge in [0.15, 0.2) is 0 Å². The molecule has 1 aromatic carbocycles. The molecule has 36 heavy (non-hydrogen) atoms. The molecular weight excluding hydrogens is 472 g/mol. The third-order valence-electron chi connectivity index (χ3n) is 6.56. The summed E-state index contributed by atoms with van der Waals surface area (Å²) < 4.78 is 7.44. The molecule has 0 bridgehead atoms. The minimum atomic E-state index is -0.591. The number of amides is 2. The number of nitrogens with zero attached hydrogens (tertiary/aromatic N) is 3. The van der Waals surface area contributed by atoms with Gasteiger partial charge in [0.05, 0.1) is 17.6 Å². The second kappa shape index (κ2) is 13.0. The highest BCUT2D eigenvalue weighted by molar-refractivity contribution is 7.09. The van der Waals surface area contributed by atoms with Crippen molar-refractivity contribution in [3.05, 3.63) is 52.0 Å². The molecule has 0 radical (unpaired) electrons. The molecule has 0 aliphatic rings. The van der Waals surface area contributed by atoms with Crippen LogP contribution in [-0.2, 0) is 16.0 Å². The first-order valence-corrected chi connectivity index (χ1v) is 13.7. The molecule has 2 aromatic heterocycles. The van der Waals surface area contributed by atoms with Gasteiger partial charge < -0.3 is 19.5 Å². The first kappa shape index (κ1) is 27.9. The summed E-state index contributed by atoms with van der Waals surface area (Å²) in [6.07, 6.45) is 3.36. The topological polar surface area (TPSA) is 76.5 Å². The van der Waals surface area contributed by atoms with Crippen LogP contribution < -0.4 is 5.32 Å². The fraction of sp³-hybridized carbons (Fsp3) is 0.536. The lowest BCUT2D eigenvalue weighted by molar-refractivity contribution is -0.132. The van der Waals surface area contributed by atoms with Crippen LogP contribution >= 0.6 is 11.3 Å². The van der Waals surface area contributed by atoms with Gasteiger partial charge >= 0.3 is 0 Å². The van der Waals surface area contributed by atoms with E-state index >= 15 is 0 Å². The van der Waals surface area contributed by atoms with Gasteiger partial charge in [0, 0.05) is 43.6 Å². The van der Waals surface area contributed by atoms with Crippen molar-refractivity contribution in [2.24, 2.45) is 5.92 Å². The van der Waals surface area contributed by atoms with Crippen LogP contribution in [-0.4, -0.2) is 59.6 Å². The number of imidazole rings is 1. The quantitative estimate of drug-likeness (QED) is 0.337. The fourth-order valence-corrected chi connectivity index (χ4v) is 5.29. The molecular formula is C28H40N4O3S. The van der Waals surface area contributed by atoms with Gasteiger partial charge in [-0.15, -0.1) is 11.3 Å². The Balaban J connectivity index is 1.90. The number of hydrogen-bond acceptors (Lipinski definition) is 5. The van der Waals surface area contributed by atoms with E-state index in [9.17, 15) is 9.59 Å². The molecule has 2 heterocycles. The summed E-state index contributed by atoms with van der Waals surface area (Å²) in [5.41, 5.74) is 2.37. The van der Waals surface area contributed by atoms with E-state index in [0.717, 1.165) is 36.1 Å². The average molecular weight is 513 g/mol. The van der Waals surface area contributed by atoms with Gasteiger partial charge in [-0.05, 0) is 54.8 Å². The molecule has 0 saturated carbocycles. The predicted octanol–water partition coefficient (Wildman–Crippen LogP) is 5.30. The van der Waals surface area contributed by atoms with Gasteiger partial charge in [-0.3, -0.25) is 9.59 Å². The maximum absolute atomic E-state index is 13.3. The average Bonchev–Trinajstić information content (AvgIpc) is 3.50.